The van der Waals surface area contributed by atoms with Crippen molar-refractivity contribution in [1.82, 2.24) is 5.32 Å². The van der Waals surface area contributed by atoms with Gasteiger partial charge < -0.3 is 20.3 Å². The maximum atomic E-state index is 12.0. The molecule has 0 heterocycles. The summed E-state index contributed by atoms with van der Waals surface area (Å²) in [5.41, 5.74) is 0.840. The van der Waals surface area contributed by atoms with Crippen molar-refractivity contribution in [2.75, 3.05) is 7.11 Å². The van der Waals surface area contributed by atoms with Gasteiger partial charge in [0.15, 0.2) is 11.5 Å². The number of amides is 1. The number of hydrogen-bond acceptors (Lipinski definition) is 4. The Morgan fingerprint density at radius 3 is 2.57 bits per heavy atom. The highest BCUT2D eigenvalue weighted by molar-refractivity contribution is 6.30. The molecule has 0 aliphatic rings. The smallest absolute Gasteiger partial charge is 0.255 e. The van der Waals surface area contributed by atoms with Crippen molar-refractivity contribution >= 4 is 17.5 Å². The summed E-state index contributed by atoms with van der Waals surface area (Å²) < 4.78 is 4.94. The molecule has 0 aliphatic heterocycles. The molecule has 0 saturated heterocycles. The Labute approximate surface area is 126 Å². The van der Waals surface area contributed by atoms with Gasteiger partial charge in [-0.3, -0.25) is 4.79 Å². The highest BCUT2D eigenvalue weighted by Gasteiger charge is 2.11. The van der Waals surface area contributed by atoms with Gasteiger partial charge in [0.1, 0.15) is 5.75 Å². The van der Waals surface area contributed by atoms with Crippen molar-refractivity contribution in [2.45, 2.75) is 6.54 Å². The molecule has 2 aromatic rings. The van der Waals surface area contributed by atoms with Crippen LogP contribution < -0.4 is 10.1 Å². The van der Waals surface area contributed by atoms with E-state index in [1.54, 1.807) is 12.1 Å². The lowest BCUT2D eigenvalue weighted by Crippen LogP contribution is -2.22. The molecular weight excluding hydrogens is 294 g/mol. The average molecular weight is 308 g/mol. The minimum absolute atomic E-state index is 0.00131. The molecule has 0 radical (unpaired) electrons. The van der Waals surface area contributed by atoms with E-state index in [-0.39, 0.29) is 23.6 Å². The first kappa shape index (κ1) is 15.0. The second-order valence-corrected chi connectivity index (χ2v) is 4.79. The number of halogens is 1. The molecule has 0 saturated carbocycles. The minimum atomic E-state index is -0.431. The maximum Gasteiger partial charge on any atom is 0.255 e. The normalized spacial score (nSPS) is 10.2. The van der Waals surface area contributed by atoms with Crippen molar-refractivity contribution in [3.8, 4) is 17.2 Å². The van der Waals surface area contributed by atoms with E-state index in [0.717, 1.165) is 0 Å². The van der Waals surface area contributed by atoms with E-state index in [4.69, 9.17) is 16.3 Å². The monoisotopic (exact) mass is 307 g/mol. The summed E-state index contributed by atoms with van der Waals surface area (Å²) in [7, 11) is 1.46. The molecule has 1 amide bonds. The zero-order valence-electron chi connectivity index (χ0n) is 11.3. The van der Waals surface area contributed by atoms with Gasteiger partial charge in [-0.2, -0.15) is 0 Å². The zero-order chi connectivity index (χ0) is 15.4. The van der Waals surface area contributed by atoms with E-state index >= 15 is 0 Å². The van der Waals surface area contributed by atoms with Crippen molar-refractivity contribution < 1.29 is 19.7 Å². The van der Waals surface area contributed by atoms with Crippen LogP contribution in [0.15, 0.2) is 36.4 Å². The van der Waals surface area contributed by atoms with E-state index in [2.05, 4.69) is 5.32 Å². The molecule has 0 aliphatic carbocycles. The summed E-state index contributed by atoms with van der Waals surface area (Å²) in [5.74, 6) is -0.254. The predicted octanol–water partition coefficient (Wildman–Crippen LogP) is 2.69. The van der Waals surface area contributed by atoms with Crippen LogP contribution in [-0.2, 0) is 6.54 Å². The number of aromatic hydroxyl groups is 2. The largest absolute Gasteiger partial charge is 0.507 e. The molecule has 2 aromatic carbocycles. The molecule has 3 N–H and O–H groups in total. The molecule has 2 rings (SSSR count). The maximum absolute atomic E-state index is 12.0. The van der Waals surface area contributed by atoms with Crippen LogP contribution in [0, 0.1) is 0 Å². The molecule has 0 spiro atoms. The number of hydrogen-bond donors (Lipinski definition) is 3. The molecule has 0 fully saturated rings. The van der Waals surface area contributed by atoms with E-state index in [0.29, 0.717) is 16.3 Å². The Morgan fingerprint density at radius 2 is 1.95 bits per heavy atom. The van der Waals surface area contributed by atoms with Crippen LogP contribution in [0.5, 0.6) is 17.2 Å². The number of nitrogens with one attached hydrogen (secondary N) is 1. The van der Waals surface area contributed by atoms with E-state index in [1.807, 2.05) is 0 Å². The number of phenolic OH excluding ortho intramolecular Hbond substituents is 2. The number of methoxy groups -OCH3 is 1. The highest BCUT2D eigenvalue weighted by atomic mass is 35.5. The molecule has 21 heavy (non-hydrogen) atoms. The lowest BCUT2D eigenvalue weighted by molar-refractivity contribution is 0.0948. The lowest BCUT2D eigenvalue weighted by Gasteiger charge is -2.09. The molecular formula is C15H14ClNO4. The second kappa shape index (κ2) is 6.37. The van der Waals surface area contributed by atoms with Gasteiger partial charge in [0.05, 0.1) is 12.7 Å². The van der Waals surface area contributed by atoms with Gasteiger partial charge in [0.25, 0.3) is 5.91 Å². The molecule has 0 unspecified atom stereocenters. The van der Waals surface area contributed by atoms with Crippen LogP contribution in [0.25, 0.3) is 0 Å². The standard InChI is InChI=1S/C15H14ClNO4/c1-21-14-5-2-9(6-13(14)19)8-17-15(20)11-4-3-10(16)7-12(11)18/h2-7,18-19H,8H2,1H3,(H,17,20). The van der Waals surface area contributed by atoms with Gasteiger partial charge in [-0.15, -0.1) is 0 Å². The Balaban J connectivity index is 2.05. The summed E-state index contributed by atoms with van der Waals surface area (Å²) in [6.07, 6.45) is 0. The topological polar surface area (TPSA) is 78.8 Å². The summed E-state index contributed by atoms with van der Waals surface area (Å²) in [6, 6.07) is 9.10. The summed E-state index contributed by atoms with van der Waals surface area (Å²) in [6.45, 7) is 0.207. The Kier molecular flexibility index (Phi) is 4.55. The third-order valence-corrected chi connectivity index (χ3v) is 3.14. The zero-order valence-corrected chi connectivity index (χ0v) is 12.0. The molecule has 0 bridgehead atoms. The molecule has 6 heteroatoms. The van der Waals surface area contributed by atoms with Gasteiger partial charge in [0.2, 0.25) is 0 Å². The number of carbonyl (C=O) groups excluding carboxylic acids is 1. The number of rotatable bonds is 4. The third kappa shape index (κ3) is 3.58. The second-order valence-electron chi connectivity index (χ2n) is 4.35. The Hall–Kier alpha value is -2.40. The van der Waals surface area contributed by atoms with Gasteiger partial charge in [-0.1, -0.05) is 17.7 Å². The predicted molar refractivity (Wildman–Crippen MR) is 78.9 cm³/mol. The van der Waals surface area contributed by atoms with Crippen molar-refractivity contribution in [2.24, 2.45) is 0 Å². The van der Waals surface area contributed by atoms with E-state index in [1.165, 1.54) is 31.4 Å². The van der Waals surface area contributed by atoms with Crippen LogP contribution >= 0.6 is 11.6 Å². The van der Waals surface area contributed by atoms with Crippen LogP contribution in [0.3, 0.4) is 0 Å². The fourth-order valence-corrected chi connectivity index (χ4v) is 1.99. The fraction of sp³-hybridized carbons (Fsp3) is 0.133. The lowest BCUT2D eigenvalue weighted by atomic mass is 10.1. The fourth-order valence-electron chi connectivity index (χ4n) is 1.82. The SMILES string of the molecule is COc1ccc(CNC(=O)c2ccc(Cl)cc2O)cc1O. The molecule has 110 valence electrons. The highest BCUT2D eigenvalue weighted by Crippen LogP contribution is 2.26. The number of phenols is 2. The number of carbonyl (C=O) groups is 1. The number of ether oxygens (including phenoxy) is 1. The van der Waals surface area contributed by atoms with Crippen molar-refractivity contribution in [3.05, 3.63) is 52.5 Å². The molecule has 5 nitrogen and oxygen atoms in total. The van der Waals surface area contributed by atoms with Crippen LogP contribution in [-0.4, -0.2) is 23.2 Å². The Bertz CT molecular complexity index is 673. The van der Waals surface area contributed by atoms with Crippen molar-refractivity contribution in [3.63, 3.8) is 0 Å². The summed E-state index contributed by atoms with van der Waals surface area (Å²) in [4.78, 5) is 12.0. The summed E-state index contributed by atoms with van der Waals surface area (Å²) >= 11 is 5.71. The van der Waals surface area contributed by atoms with Crippen LogP contribution in [0.4, 0.5) is 0 Å². The third-order valence-electron chi connectivity index (χ3n) is 2.90. The van der Waals surface area contributed by atoms with E-state index in [9.17, 15) is 15.0 Å². The van der Waals surface area contributed by atoms with Gasteiger partial charge >= 0.3 is 0 Å². The van der Waals surface area contributed by atoms with Gasteiger partial charge in [-0.05, 0) is 35.9 Å². The first-order chi connectivity index (χ1) is 10.0. The first-order valence-corrected chi connectivity index (χ1v) is 6.51. The van der Waals surface area contributed by atoms with Crippen LogP contribution in [0.2, 0.25) is 5.02 Å². The average Bonchev–Trinajstić information content (AvgIpc) is 2.45. The number of benzene rings is 2. The quantitative estimate of drug-likeness (QED) is 0.811. The minimum Gasteiger partial charge on any atom is -0.507 e. The van der Waals surface area contributed by atoms with Crippen molar-refractivity contribution in [1.29, 1.82) is 0 Å². The van der Waals surface area contributed by atoms with Crippen LogP contribution in [0.1, 0.15) is 15.9 Å². The Morgan fingerprint density at radius 1 is 1.19 bits per heavy atom. The van der Waals surface area contributed by atoms with E-state index < -0.39 is 5.91 Å². The first-order valence-electron chi connectivity index (χ1n) is 6.14. The summed E-state index contributed by atoms with van der Waals surface area (Å²) in [5, 5.41) is 22.3. The van der Waals surface area contributed by atoms with Gasteiger partial charge in [-0.25, -0.2) is 0 Å². The molecule has 0 atom stereocenters. The van der Waals surface area contributed by atoms with Gasteiger partial charge in [0, 0.05) is 11.6 Å². The molecule has 0 aromatic heterocycles.